The van der Waals surface area contributed by atoms with Gasteiger partial charge in [-0.05, 0) is 42.6 Å². The Bertz CT molecular complexity index is 352. The van der Waals surface area contributed by atoms with Gasteiger partial charge in [-0.15, -0.1) is 0 Å². The van der Waals surface area contributed by atoms with Crippen LogP contribution in [0.5, 0.6) is 0 Å². The van der Waals surface area contributed by atoms with Gasteiger partial charge in [0.2, 0.25) is 0 Å². The highest BCUT2D eigenvalue weighted by Gasteiger charge is 2.17. The molecule has 17 heavy (non-hydrogen) atoms. The van der Waals surface area contributed by atoms with E-state index in [0.717, 1.165) is 19.0 Å². The molecule has 1 N–H and O–H groups in total. The average molecular weight is 241 g/mol. The van der Waals surface area contributed by atoms with E-state index in [1.165, 1.54) is 12.1 Å². The van der Waals surface area contributed by atoms with Gasteiger partial charge in [-0.2, -0.15) is 0 Å². The van der Waals surface area contributed by atoms with Gasteiger partial charge in [0.15, 0.2) is 0 Å². The van der Waals surface area contributed by atoms with Crippen molar-refractivity contribution in [1.29, 1.82) is 0 Å². The first-order chi connectivity index (χ1) is 8.08. The molecule has 1 aromatic rings. The molecule has 0 saturated heterocycles. The molecule has 3 heteroatoms. The molecule has 0 spiro atoms. The second kappa shape index (κ2) is 6.70. The summed E-state index contributed by atoms with van der Waals surface area (Å²) in [5, 5.41) is 3.34. The third-order valence-electron chi connectivity index (χ3n) is 3.24. The lowest BCUT2D eigenvalue weighted by atomic mass is 9.92. The monoisotopic (exact) mass is 241 g/mol. The molecule has 0 aliphatic rings. The summed E-state index contributed by atoms with van der Waals surface area (Å²) in [5.74, 6) is -0.254. The molecule has 1 aromatic carbocycles. The molecule has 0 bridgehead atoms. The molecule has 0 aliphatic heterocycles. The fraction of sp³-hybridized carbons (Fsp3) is 0.571. The number of hydrogen-bond acceptors (Lipinski definition) is 1. The minimum Gasteiger partial charge on any atom is -0.314 e. The molecule has 0 saturated carbocycles. The van der Waals surface area contributed by atoms with Crippen LogP contribution < -0.4 is 5.32 Å². The van der Waals surface area contributed by atoms with E-state index in [4.69, 9.17) is 0 Å². The lowest BCUT2D eigenvalue weighted by Crippen LogP contribution is -2.36. The molecule has 2 unspecified atom stereocenters. The van der Waals surface area contributed by atoms with Gasteiger partial charge in [0, 0.05) is 6.04 Å². The quantitative estimate of drug-likeness (QED) is 0.803. The maximum absolute atomic E-state index is 13.5. The molecular weight excluding hydrogens is 220 g/mol. The lowest BCUT2D eigenvalue weighted by Gasteiger charge is -2.24. The topological polar surface area (TPSA) is 12.0 Å². The molecular formula is C14H21F2N. The van der Waals surface area contributed by atoms with Crippen molar-refractivity contribution in [3.8, 4) is 0 Å². The number of rotatable bonds is 6. The van der Waals surface area contributed by atoms with E-state index in [9.17, 15) is 8.78 Å². The third kappa shape index (κ3) is 4.08. The van der Waals surface area contributed by atoms with Crippen molar-refractivity contribution in [2.75, 3.05) is 6.54 Å². The second-order valence-corrected chi connectivity index (χ2v) is 4.49. The molecule has 0 radical (unpaired) electrons. The molecule has 1 nitrogen and oxygen atoms in total. The Morgan fingerprint density at radius 2 is 1.94 bits per heavy atom. The zero-order valence-electron chi connectivity index (χ0n) is 10.8. The Hall–Kier alpha value is -0.960. The van der Waals surface area contributed by atoms with Crippen molar-refractivity contribution in [3.63, 3.8) is 0 Å². The van der Waals surface area contributed by atoms with Crippen LogP contribution in [0.2, 0.25) is 0 Å². The molecule has 0 heterocycles. The average Bonchev–Trinajstić information content (AvgIpc) is 2.32. The van der Waals surface area contributed by atoms with Crippen molar-refractivity contribution in [1.82, 2.24) is 5.32 Å². The number of likely N-dealkylation sites (N-methyl/N-ethyl adjacent to an activating group) is 1. The smallest absolute Gasteiger partial charge is 0.126 e. The maximum Gasteiger partial charge on any atom is 0.126 e. The molecule has 96 valence electrons. The molecule has 0 amide bonds. The van der Waals surface area contributed by atoms with Gasteiger partial charge in [0.25, 0.3) is 0 Å². The maximum atomic E-state index is 13.5. The van der Waals surface area contributed by atoms with Crippen LogP contribution in [0.1, 0.15) is 32.8 Å². The van der Waals surface area contributed by atoms with Gasteiger partial charge in [-0.3, -0.25) is 0 Å². The van der Waals surface area contributed by atoms with Crippen LogP contribution in [0.3, 0.4) is 0 Å². The number of benzene rings is 1. The van der Waals surface area contributed by atoms with Gasteiger partial charge >= 0.3 is 0 Å². The summed E-state index contributed by atoms with van der Waals surface area (Å²) in [6.07, 6.45) is 1.56. The molecule has 0 aliphatic carbocycles. The first kappa shape index (κ1) is 14.1. The van der Waals surface area contributed by atoms with E-state index < -0.39 is 0 Å². The Morgan fingerprint density at radius 1 is 1.24 bits per heavy atom. The predicted molar refractivity (Wildman–Crippen MR) is 67.0 cm³/mol. The molecule has 0 fully saturated rings. The van der Waals surface area contributed by atoms with Gasteiger partial charge in [-0.25, -0.2) is 8.78 Å². The van der Waals surface area contributed by atoms with E-state index >= 15 is 0 Å². The summed E-state index contributed by atoms with van der Waals surface area (Å²) in [6, 6.07) is 3.85. The van der Waals surface area contributed by atoms with Crippen LogP contribution in [-0.4, -0.2) is 12.6 Å². The van der Waals surface area contributed by atoms with Crippen LogP contribution in [0.15, 0.2) is 18.2 Å². The van der Waals surface area contributed by atoms with Gasteiger partial charge in [0.05, 0.1) is 0 Å². The first-order valence-corrected chi connectivity index (χ1v) is 6.25. The van der Waals surface area contributed by atoms with Crippen molar-refractivity contribution < 1.29 is 8.78 Å². The van der Waals surface area contributed by atoms with E-state index in [2.05, 4.69) is 19.2 Å². The molecule has 2 atom stereocenters. The second-order valence-electron chi connectivity index (χ2n) is 4.49. The van der Waals surface area contributed by atoms with Crippen LogP contribution in [0, 0.1) is 17.6 Å². The Balaban J connectivity index is 2.81. The fourth-order valence-corrected chi connectivity index (χ4v) is 1.96. The summed E-state index contributed by atoms with van der Waals surface area (Å²) in [5.41, 5.74) is 0.455. The Labute approximate surface area is 102 Å². The summed E-state index contributed by atoms with van der Waals surface area (Å²) >= 11 is 0. The van der Waals surface area contributed by atoms with E-state index in [1.807, 2.05) is 6.92 Å². The minimum atomic E-state index is -0.374. The van der Waals surface area contributed by atoms with Crippen molar-refractivity contribution in [2.45, 2.75) is 39.7 Å². The third-order valence-corrected chi connectivity index (χ3v) is 3.24. The van der Waals surface area contributed by atoms with Crippen molar-refractivity contribution in [2.24, 2.45) is 5.92 Å². The molecule has 1 rings (SSSR count). The lowest BCUT2D eigenvalue weighted by molar-refractivity contribution is 0.366. The highest BCUT2D eigenvalue weighted by Crippen LogP contribution is 2.17. The fourth-order valence-electron chi connectivity index (χ4n) is 1.96. The number of halogens is 2. The van der Waals surface area contributed by atoms with Crippen molar-refractivity contribution >= 4 is 0 Å². The number of nitrogens with one attached hydrogen (secondary N) is 1. The van der Waals surface area contributed by atoms with Gasteiger partial charge < -0.3 is 5.32 Å². The van der Waals surface area contributed by atoms with Crippen LogP contribution in [0.25, 0.3) is 0 Å². The SMILES string of the molecule is CCNC(Cc1cc(F)ccc1F)C(C)CC. The van der Waals surface area contributed by atoms with E-state index in [1.54, 1.807) is 0 Å². The summed E-state index contributed by atoms with van der Waals surface area (Å²) < 4.78 is 26.6. The first-order valence-electron chi connectivity index (χ1n) is 6.25. The summed E-state index contributed by atoms with van der Waals surface area (Å²) in [6.45, 7) is 7.10. The van der Waals surface area contributed by atoms with E-state index in [0.29, 0.717) is 17.9 Å². The van der Waals surface area contributed by atoms with Crippen LogP contribution >= 0.6 is 0 Å². The van der Waals surface area contributed by atoms with Crippen LogP contribution in [0.4, 0.5) is 8.78 Å². The van der Waals surface area contributed by atoms with Crippen LogP contribution in [-0.2, 0) is 6.42 Å². The highest BCUT2D eigenvalue weighted by atomic mass is 19.1. The van der Waals surface area contributed by atoms with Crippen molar-refractivity contribution in [3.05, 3.63) is 35.4 Å². The summed E-state index contributed by atoms with van der Waals surface area (Å²) in [7, 11) is 0. The molecule has 0 aromatic heterocycles. The zero-order valence-corrected chi connectivity index (χ0v) is 10.8. The van der Waals surface area contributed by atoms with Gasteiger partial charge in [0.1, 0.15) is 11.6 Å². The summed E-state index contributed by atoms with van der Waals surface area (Å²) in [4.78, 5) is 0. The standard InChI is InChI=1S/C14H21F2N/c1-4-10(3)14(17-5-2)9-11-8-12(15)6-7-13(11)16/h6-8,10,14,17H,4-5,9H2,1-3H3. The van der Waals surface area contributed by atoms with Gasteiger partial charge in [-0.1, -0.05) is 27.2 Å². The number of hydrogen-bond donors (Lipinski definition) is 1. The largest absolute Gasteiger partial charge is 0.314 e. The Kier molecular flexibility index (Phi) is 5.56. The zero-order chi connectivity index (χ0) is 12.8. The minimum absolute atomic E-state index is 0.196. The Morgan fingerprint density at radius 3 is 2.53 bits per heavy atom. The normalized spacial score (nSPS) is 14.6. The predicted octanol–water partition coefficient (Wildman–Crippen LogP) is 3.53. The van der Waals surface area contributed by atoms with E-state index in [-0.39, 0.29) is 17.7 Å². The highest BCUT2D eigenvalue weighted by molar-refractivity contribution is 5.20.